The lowest BCUT2D eigenvalue weighted by atomic mass is 10.2. The van der Waals surface area contributed by atoms with Gasteiger partial charge in [-0.2, -0.15) is 13.0 Å². The van der Waals surface area contributed by atoms with E-state index in [9.17, 15) is 8.42 Å². The van der Waals surface area contributed by atoms with Crippen LogP contribution in [0.1, 0.15) is 12.8 Å². The lowest BCUT2D eigenvalue weighted by Gasteiger charge is -2.01. The van der Waals surface area contributed by atoms with Crippen LogP contribution in [0.15, 0.2) is 42.6 Å². The summed E-state index contributed by atoms with van der Waals surface area (Å²) in [5.41, 5.74) is 1.13. The lowest BCUT2D eigenvalue weighted by Crippen LogP contribution is -2.34. The van der Waals surface area contributed by atoms with E-state index in [4.69, 9.17) is 4.55 Å². The Bertz CT molecular complexity index is 632. The fourth-order valence-electron chi connectivity index (χ4n) is 1.98. The molecule has 4 nitrogen and oxygen atoms in total. The highest BCUT2D eigenvalue weighted by atomic mass is 32.2. The molecule has 0 fully saturated rings. The normalized spacial score (nSPS) is 11.8. The summed E-state index contributed by atoms with van der Waals surface area (Å²) in [7, 11) is -3.83. The average Bonchev–Trinajstić information content (AvgIpc) is 2.33. The number of unbranched alkanes of at least 4 members (excludes halogenated alkanes) is 1. The molecule has 18 heavy (non-hydrogen) atoms. The second-order valence-electron chi connectivity index (χ2n) is 4.25. The number of hydrogen-bond acceptors (Lipinski definition) is 2. The molecule has 0 bridgehead atoms. The summed E-state index contributed by atoms with van der Waals surface area (Å²) in [5, 5.41) is 1.16. The van der Waals surface area contributed by atoms with Crippen molar-refractivity contribution in [3.63, 3.8) is 0 Å². The predicted octanol–water partition coefficient (Wildman–Crippen LogP) is 1.80. The van der Waals surface area contributed by atoms with Gasteiger partial charge >= 0.3 is 0 Å². The number of benzene rings is 1. The van der Waals surface area contributed by atoms with Crippen LogP contribution in [-0.4, -0.2) is 18.7 Å². The molecular weight excluding hydrogens is 250 g/mol. The molecule has 96 valence electrons. The summed E-state index contributed by atoms with van der Waals surface area (Å²) in [6, 6.07) is 12.1. The Hall–Kier alpha value is -1.46. The molecule has 5 heteroatoms. The van der Waals surface area contributed by atoms with Gasteiger partial charge < -0.3 is 0 Å². The van der Waals surface area contributed by atoms with Gasteiger partial charge in [0.05, 0.1) is 5.75 Å². The van der Waals surface area contributed by atoms with E-state index >= 15 is 0 Å². The number of nitrogens with zero attached hydrogens (tertiary/aromatic N) is 1. The van der Waals surface area contributed by atoms with Crippen LogP contribution in [-0.2, 0) is 16.7 Å². The highest BCUT2D eigenvalue weighted by Crippen LogP contribution is 2.08. The van der Waals surface area contributed by atoms with Crippen LogP contribution < -0.4 is 4.57 Å². The fourth-order valence-corrected chi connectivity index (χ4v) is 2.55. The molecule has 0 spiro atoms. The molecule has 0 radical (unpaired) electrons. The van der Waals surface area contributed by atoms with Crippen molar-refractivity contribution in [3.05, 3.63) is 42.6 Å². The Labute approximate surface area is 107 Å². The van der Waals surface area contributed by atoms with Crippen molar-refractivity contribution in [2.45, 2.75) is 19.4 Å². The summed E-state index contributed by atoms with van der Waals surface area (Å²) < 4.78 is 32.0. The molecule has 0 aliphatic heterocycles. The van der Waals surface area contributed by atoms with Gasteiger partial charge in [-0.05, 0) is 18.6 Å². The van der Waals surface area contributed by atoms with E-state index in [1.165, 1.54) is 0 Å². The van der Waals surface area contributed by atoms with Gasteiger partial charge in [0.25, 0.3) is 10.1 Å². The van der Waals surface area contributed by atoms with Gasteiger partial charge in [0.1, 0.15) is 6.54 Å². The van der Waals surface area contributed by atoms with Crippen LogP contribution >= 0.6 is 0 Å². The Balaban J connectivity index is 2.04. The molecule has 1 aromatic heterocycles. The summed E-state index contributed by atoms with van der Waals surface area (Å²) >= 11 is 0. The average molecular weight is 266 g/mol. The SMILES string of the molecule is O=S(=O)(O)CCCC[n+]1cccc2ccccc21. The highest BCUT2D eigenvalue weighted by molar-refractivity contribution is 7.85. The minimum absolute atomic E-state index is 0.168. The van der Waals surface area contributed by atoms with E-state index in [1.807, 2.05) is 42.6 Å². The highest BCUT2D eigenvalue weighted by Gasteiger charge is 2.08. The van der Waals surface area contributed by atoms with Gasteiger partial charge in [-0.25, -0.2) is 0 Å². The largest absolute Gasteiger partial charge is 0.286 e. The predicted molar refractivity (Wildman–Crippen MR) is 69.8 cm³/mol. The Morgan fingerprint density at radius 1 is 1.06 bits per heavy atom. The van der Waals surface area contributed by atoms with Crippen molar-refractivity contribution in [2.75, 3.05) is 5.75 Å². The fraction of sp³-hybridized carbons (Fsp3) is 0.308. The Morgan fingerprint density at radius 2 is 1.78 bits per heavy atom. The van der Waals surface area contributed by atoms with Crippen molar-refractivity contribution < 1.29 is 17.5 Å². The van der Waals surface area contributed by atoms with Crippen LogP contribution in [0.2, 0.25) is 0 Å². The molecule has 0 saturated carbocycles. The first-order chi connectivity index (χ1) is 8.56. The van der Waals surface area contributed by atoms with E-state index in [0.717, 1.165) is 23.9 Å². The van der Waals surface area contributed by atoms with Crippen LogP contribution in [0.25, 0.3) is 10.9 Å². The van der Waals surface area contributed by atoms with E-state index in [1.54, 1.807) is 0 Å². The van der Waals surface area contributed by atoms with Gasteiger partial charge in [-0.15, -0.1) is 0 Å². The molecule has 2 aromatic rings. The molecule has 0 aliphatic rings. The number of fused-ring (bicyclic) bond motifs is 1. The van der Waals surface area contributed by atoms with E-state index < -0.39 is 10.1 Å². The number of rotatable bonds is 5. The monoisotopic (exact) mass is 266 g/mol. The smallest absolute Gasteiger partial charge is 0.264 e. The van der Waals surface area contributed by atoms with Gasteiger partial charge in [-0.3, -0.25) is 4.55 Å². The first-order valence-corrected chi connectivity index (χ1v) is 7.49. The Kier molecular flexibility index (Phi) is 3.93. The molecule has 1 heterocycles. The van der Waals surface area contributed by atoms with Crippen LogP contribution in [0.5, 0.6) is 0 Å². The molecule has 2 rings (SSSR count). The molecule has 1 N–H and O–H groups in total. The number of aromatic nitrogens is 1. The quantitative estimate of drug-likeness (QED) is 0.510. The first kappa shape index (κ1) is 13.0. The number of aryl methyl sites for hydroxylation is 1. The third kappa shape index (κ3) is 3.51. The minimum Gasteiger partial charge on any atom is -0.286 e. The van der Waals surface area contributed by atoms with Crippen molar-refractivity contribution in [1.29, 1.82) is 0 Å². The summed E-state index contributed by atoms with van der Waals surface area (Å²) in [6.45, 7) is 0.747. The molecule has 0 atom stereocenters. The molecule has 0 saturated heterocycles. The topological polar surface area (TPSA) is 58.3 Å². The van der Waals surface area contributed by atoms with Gasteiger partial charge in [-0.1, -0.05) is 12.1 Å². The molecule has 0 aliphatic carbocycles. The van der Waals surface area contributed by atoms with Gasteiger partial charge in [0.15, 0.2) is 6.20 Å². The van der Waals surface area contributed by atoms with Crippen molar-refractivity contribution in [1.82, 2.24) is 0 Å². The Morgan fingerprint density at radius 3 is 2.56 bits per heavy atom. The van der Waals surface area contributed by atoms with E-state index in [2.05, 4.69) is 4.57 Å². The van der Waals surface area contributed by atoms with E-state index in [-0.39, 0.29) is 5.75 Å². The molecular formula is C13H16NO3S+. The molecule has 0 amide bonds. The maximum Gasteiger partial charge on any atom is 0.264 e. The lowest BCUT2D eigenvalue weighted by molar-refractivity contribution is -0.671. The van der Waals surface area contributed by atoms with Crippen LogP contribution in [0.4, 0.5) is 0 Å². The maximum absolute atomic E-state index is 10.6. The van der Waals surface area contributed by atoms with E-state index in [0.29, 0.717) is 6.42 Å². The molecule has 0 unspecified atom stereocenters. The van der Waals surface area contributed by atoms with Crippen LogP contribution in [0.3, 0.4) is 0 Å². The zero-order valence-corrected chi connectivity index (χ0v) is 10.8. The third-order valence-corrected chi connectivity index (χ3v) is 3.64. The van der Waals surface area contributed by atoms with Gasteiger partial charge in [0, 0.05) is 23.9 Å². The van der Waals surface area contributed by atoms with Crippen LogP contribution in [0, 0.1) is 0 Å². The summed E-state index contributed by atoms with van der Waals surface area (Å²) in [6.07, 6.45) is 3.17. The molecule has 1 aromatic carbocycles. The zero-order valence-electron chi connectivity index (χ0n) is 9.99. The number of para-hydroxylation sites is 1. The second-order valence-corrected chi connectivity index (χ2v) is 5.83. The summed E-state index contributed by atoms with van der Waals surface area (Å²) in [4.78, 5) is 0. The third-order valence-electron chi connectivity index (χ3n) is 2.84. The number of hydrogen-bond donors (Lipinski definition) is 1. The minimum atomic E-state index is -3.83. The van der Waals surface area contributed by atoms with Crippen molar-refractivity contribution in [2.24, 2.45) is 0 Å². The number of pyridine rings is 1. The first-order valence-electron chi connectivity index (χ1n) is 5.89. The summed E-state index contributed by atoms with van der Waals surface area (Å²) in [5.74, 6) is -0.168. The maximum atomic E-state index is 10.6. The van der Waals surface area contributed by atoms with Gasteiger partial charge in [0.2, 0.25) is 5.52 Å². The standard InChI is InChI=1S/C13H15NO3S/c15-18(16,17)11-4-3-9-14-10-5-7-12-6-1-2-8-13(12)14/h1-2,5-8,10H,3-4,9,11H2/p+1. The van der Waals surface area contributed by atoms with Crippen molar-refractivity contribution >= 4 is 21.0 Å². The second kappa shape index (κ2) is 5.46. The van der Waals surface area contributed by atoms with Crippen molar-refractivity contribution in [3.8, 4) is 0 Å². The zero-order chi connectivity index (χ0) is 13.0.